The van der Waals surface area contributed by atoms with Crippen molar-refractivity contribution in [1.82, 2.24) is 0 Å². The van der Waals surface area contributed by atoms with Crippen LogP contribution in [0.4, 0.5) is 0 Å². The zero-order chi connectivity index (χ0) is 11.6. The summed E-state index contributed by atoms with van der Waals surface area (Å²) in [6.45, 7) is 0.799. The van der Waals surface area contributed by atoms with Crippen molar-refractivity contribution < 1.29 is 33.8 Å². The van der Waals surface area contributed by atoms with Gasteiger partial charge in [0.25, 0.3) is 0 Å². The van der Waals surface area contributed by atoms with Crippen molar-refractivity contribution in [1.29, 1.82) is 0 Å². The van der Waals surface area contributed by atoms with Crippen LogP contribution in [0.3, 0.4) is 0 Å². The van der Waals surface area contributed by atoms with Gasteiger partial charge in [0.05, 0.1) is 13.5 Å². The first kappa shape index (κ1) is 13.1. The first-order valence-corrected chi connectivity index (χ1v) is 5.12. The molecule has 0 aliphatic rings. The average molecular weight is 226 g/mol. The van der Waals surface area contributed by atoms with Gasteiger partial charge >= 0.3 is 19.5 Å². The van der Waals surface area contributed by atoms with Crippen LogP contribution in [0, 0.1) is 0 Å². The van der Waals surface area contributed by atoms with Crippen LogP contribution in [0.2, 0.25) is 0 Å². The molecule has 7 nitrogen and oxygen atoms in total. The smallest absolute Gasteiger partial charge is 0.343 e. The Morgan fingerprint density at radius 3 is 2.07 bits per heavy atom. The van der Waals surface area contributed by atoms with Crippen molar-refractivity contribution in [2.24, 2.45) is 0 Å². The summed E-state index contributed by atoms with van der Waals surface area (Å²) in [4.78, 5) is 38.9. The van der Waals surface area contributed by atoms with Crippen molar-refractivity contribution in [2.45, 2.75) is 18.5 Å². The number of carbonyl (C=O) groups excluding carboxylic acids is 1. The molecule has 0 spiro atoms. The Morgan fingerprint density at radius 2 is 1.86 bits per heavy atom. The molecule has 0 saturated carbocycles. The van der Waals surface area contributed by atoms with E-state index in [1.165, 1.54) is 0 Å². The van der Waals surface area contributed by atoms with Gasteiger partial charge in [0.15, 0.2) is 5.16 Å². The predicted octanol–water partition coefficient (Wildman–Crippen LogP) is -0.430. The molecule has 0 bridgehead atoms. The lowest BCUT2D eigenvalue weighted by Gasteiger charge is -2.24. The van der Waals surface area contributed by atoms with Crippen LogP contribution in [-0.4, -0.2) is 39.1 Å². The average Bonchev–Trinajstić information content (AvgIpc) is 2.01. The monoisotopic (exact) mass is 226 g/mol. The fraction of sp³-hybridized carbons (Fsp3) is 0.667. The van der Waals surface area contributed by atoms with E-state index < -0.39 is 31.1 Å². The number of esters is 1. The number of rotatable bonds is 4. The molecule has 0 rings (SSSR count). The molecule has 1 unspecified atom stereocenters. The number of hydrogen-bond donors (Lipinski definition) is 3. The van der Waals surface area contributed by atoms with E-state index in [2.05, 4.69) is 4.74 Å². The summed E-state index contributed by atoms with van der Waals surface area (Å²) >= 11 is 0. The lowest BCUT2D eigenvalue weighted by molar-refractivity contribution is -0.148. The number of ether oxygens (including phenoxy) is 1. The first-order valence-electron chi connectivity index (χ1n) is 3.51. The summed E-state index contributed by atoms with van der Waals surface area (Å²) in [5.41, 5.74) is 0. The Bertz CT molecular complexity index is 293. The van der Waals surface area contributed by atoms with Crippen LogP contribution in [0.25, 0.3) is 0 Å². The van der Waals surface area contributed by atoms with Crippen LogP contribution in [-0.2, 0) is 18.9 Å². The summed E-state index contributed by atoms with van der Waals surface area (Å²) in [5.74, 6) is -2.73. The summed E-state index contributed by atoms with van der Waals surface area (Å²) in [6.07, 6.45) is -0.872. The van der Waals surface area contributed by atoms with Crippen molar-refractivity contribution >= 4 is 19.5 Å². The van der Waals surface area contributed by atoms with Gasteiger partial charge in [-0.3, -0.25) is 14.2 Å². The Hall–Kier alpha value is -0.910. The van der Waals surface area contributed by atoms with Gasteiger partial charge < -0.3 is 19.6 Å². The maximum atomic E-state index is 10.9. The van der Waals surface area contributed by atoms with Crippen molar-refractivity contribution in [3.05, 3.63) is 0 Å². The number of carboxylic acids is 1. The maximum Gasteiger partial charge on any atom is 0.343 e. The predicted molar refractivity (Wildman–Crippen MR) is 44.7 cm³/mol. The fourth-order valence-electron chi connectivity index (χ4n) is 0.656. The van der Waals surface area contributed by atoms with E-state index in [0.717, 1.165) is 14.0 Å². The Morgan fingerprint density at radius 1 is 1.43 bits per heavy atom. The minimum atomic E-state index is -4.91. The molecule has 82 valence electrons. The zero-order valence-electron chi connectivity index (χ0n) is 7.63. The highest BCUT2D eigenvalue weighted by Crippen LogP contribution is 2.52. The van der Waals surface area contributed by atoms with Gasteiger partial charge in [0.2, 0.25) is 0 Å². The normalized spacial score (nSPS) is 15.7. The van der Waals surface area contributed by atoms with Gasteiger partial charge in [-0.25, -0.2) is 0 Å². The number of carboxylic acid groups (broad SMARTS) is 1. The second-order valence-corrected chi connectivity index (χ2v) is 4.95. The first-order chi connectivity index (χ1) is 6.15. The van der Waals surface area contributed by atoms with Crippen molar-refractivity contribution in [3.63, 3.8) is 0 Å². The van der Waals surface area contributed by atoms with Crippen LogP contribution in [0.15, 0.2) is 0 Å². The molecular weight excluding hydrogens is 215 g/mol. The van der Waals surface area contributed by atoms with E-state index in [1.54, 1.807) is 0 Å². The van der Waals surface area contributed by atoms with Crippen molar-refractivity contribution in [2.75, 3.05) is 7.11 Å². The van der Waals surface area contributed by atoms with E-state index in [1.807, 2.05) is 0 Å². The van der Waals surface area contributed by atoms with Gasteiger partial charge in [-0.05, 0) is 6.92 Å². The van der Waals surface area contributed by atoms with Gasteiger partial charge in [0, 0.05) is 0 Å². The molecule has 0 aliphatic carbocycles. The van der Waals surface area contributed by atoms with Crippen LogP contribution in [0.1, 0.15) is 13.3 Å². The molecule has 0 saturated heterocycles. The fourth-order valence-corrected chi connectivity index (χ4v) is 1.24. The second kappa shape index (κ2) is 4.08. The van der Waals surface area contributed by atoms with E-state index >= 15 is 0 Å². The molecule has 8 heteroatoms. The number of carbonyl (C=O) groups is 2. The van der Waals surface area contributed by atoms with Gasteiger partial charge in [-0.1, -0.05) is 0 Å². The molecule has 0 aliphatic heterocycles. The molecule has 14 heavy (non-hydrogen) atoms. The third kappa shape index (κ3) is 2.54. The Labute approximate surface area is 79.8 Å². The zero-order valence-corrected chi connectivity index (χ0v) is 8.52. The minimum absolute atomic E-state index is 0.799. The van der Waals surface area contributed by atoms with Gasteiger partial charge in [0.1, 0.15) is 0 Å². The van der Waals surface area contributed by atoms with Gasteiger partial charge in [-0.15, -0.1) is 0 Å². The second-order valence-electron chi connectivity index (χ2n) is 2.88. The highest BCUT2D eigenvalue weighted by Gasteiger charge is 2.51. The van der Waals surface area contributed by atoms with Gasteiger partial charge in [-0.2, -0.15) is 0 Å². The quantitative estimate of drug-likeness (QED) is 0.439. The SMILES string of the molecule is COC(=O)CC(C)(C(=O)O)P(=O)(O)O. The van der Waals surface area contributed by atoms with E-state index in [-0.39, 0.29) is 0 Å². The molecule has 0 aromatic rings. The lowest BCUT2D eigenvalue weighted by atomic mass is 10.1. The number of hydrogen-bond acceptors (Lipinski definition) is 4. The van der Waals surface area contributed by atoms with Crippen molar-refractivity contribution in [3.8, 4) is 0 Å². The third-order valence-corrected chi connectivity index (χ3v) is 3.46. The molecule has 0 amide bonds. The molecule has 3 N–H and O–H groups in total. The molecule has 0 heterocycles. The largest absolute Gasteiger partial charge is 0.480 e. The molecule has 1 atom stereocenters. The Balaban J connectivity index is 5.04. The maximum absolute atomic E-state index is 10.9. The van der Waals surface area contributed by atoms with Crippen LogP contribution >= 0.6 is 7.60 Å². The highest BCUT2D eigenvalue weighted by molar-refractivity contribution is 7.54. The molecule has 0 fully saturated rings. The highest BCUT2D eigenvalue weighted by atomic mass is 31.2. The Kier molecular flexibility index (Phi) is 3.81. The molecule has 0 aromatic heterocycles. The standard InChI is InChI=1S/C6H11O7P/c1-6(5(8)9,14(10,11)12)3-4(7)13-2/h3H2,1-2H3,(H,8,9)(H2,10,11,12). The summed E-state index contributed by atoms with van der Waals surface area (Å²) in [7, 11) is -3.91. The molecule has 0 aromatic carbocycles. The van der Waals surface area contributed by atoms with Crippen LogP contribution in [0.5, 0.6) is 0 Å². The van der Waals surface area contributed by atoms with E-state index in [0.29, 0.717) is 0 Å². The summed E-state index contributed by atoms with van der Waals surface area (Å²) in [6, 6.07) is 0. The summed E-state index contributed by atoms with van der Waals surface area (Å²) < 4.78 is 15.0. The van der Waals surface area contributed by atoms with E-state index in [4.69, 9.17) is 14.9 Å². The van der Waals surface area contributed by atoms with E-state index in [9.17, 15) is 14.2 Å². The van der Waals surface area contributed by atoms with Crippen LogP contribution < -0.4 is 0 Å². The minimum Gasteiger partial charge on any atom is -0.480 e. The third-order valence-electron chi connectivity index (χ3n) is 1.82. The lowest BCUT2D eigenvalue weighted by Crippen LogP contribution is -2.37. The number of aliphatic carboxylic acids is 1. The molecule has 0 radical (unpaired) electrons. The topological polar surface area (TPSA) is 121 Å². The number of methoxy groups -OCH3 is 1. The summed E-state index contributed by atoms with van der Waals surface area (Å²) in [5, 5.41) is 6.18. The molecular formula is C6H11O7P.